The van der Waals surface area contributed by atoms with Gasteiger partial charge in [0.2, 0.25) is 0 Å². The third-order valence-corrected chi connectivity index (χ3v) is 3.36. The van der Waals surface area contributed by atoms with Gasteiger partial charge in [-0.2, -0.15) is 0 Å². The number of amides is 1. The van der Waals surface area contributed by atoms with Crippen LogP contribution in [0.5, 0.6) is 0 Å². The summed E-state index contributed by atoms with van der Waals surface area (Å²) in [5.74, 6) is -1.05. The van der Waals surface area contributed by atoms with Crippen molar-refractivity contribution in [1.29, 1.82) is 0 Å². The maximum Gasteiger partial charge on any atom is 0.331 e. The van der Waals surface area contributed by atoms with E-state index in [2.05, 4.69) is 10.3 Å². The van der Waals surface area contributed by atoms with Gasteiger partial charge in [0.1, 0.15) is 5.82 Å². The number of non-ortho nitro benzene ring substituents is 1. The van der Waals surface area contributed by atoms with Crippen molar-refractivity contribution in [3.05, 3.63) is 69.4 Å². The van der Waals surface area contributed by atoms with E-state index in [1.54, 1.807) is 12.1 Å². The molecule has 1 aromatic heterocycles. The molecule has 0 fully saturated rings. The number of hydrogen-bond donors (Lipinski definition) is 1. The predicted molar refractivity (Wildman–Crippen MR) is 95.6 cm³/mol. The summed E-state index contributed by atoms with van der Waals surface area (Å²) < 4.78 is 4.98. The molecule has 2 rings (SSSR count). The topological polar surface area (TPSA) is 111 Å². The Hall–Kier alpha value is -3.26. The summed E-state index contributed by atoms with van der Waals surface area (Å²) in [6.45, 7) is 1.41. The lowest BCUT2D eigenvalue weighted by atomic mass is 10.2. The van der Waals surface area contributed by atoms with Crippen LogP contribution in [-0.4, -0.2) is 27.9 Å². The van der Waals surface area contributed by atoms with E-state index in [0.717, 1.165) is 6.08 Å². The van der Waals surface area contributed by atoms with Gasteiger partial charge in [0.05, 0.1) is 9.95 Å². The zero-order valence-electron chi connectivity index (χ0n) is 13.6. The number of nitro groups is 1. The maximum absolute atomic E-state index is 12.0. The average Bonchev–Trinajstić information content (AvgIpc) is 2.62. The lowest BCUT2D eigenvalue weighted by Crippen LogP contribution is -2.29. The molecule has 8 nitrogen and oxygen atoms in total. The largest absolute Gasteiger partial charge is 0.449 e. The lowest BCUT2D eigenvalue weighted by Gasteiger charge is -2.11. The lowest BCUT2D eigenvalue weighted by molar-refractivity contribution is -0.384. The van der Waals surface area contributed by atoms with Crippen molar-refractivity contribution >= 4 is 41.1 Å². The van der Waals surface area contributed by atoms with Crippen molar-refractivity contribution < 1.29 is 19.2 Å². The Morgan fingerprint density at radius 3 is 2.77 bits per heavy atom. The van der Waals surface area contributed by atoms with Crippen LogP contribution in [0.2, 0.25) is 5.02 Å². The Balaban J connectivity index is 1.91. The number of nitro benzene ring substituents is 1. The molecule has 0 spiro atoms. The zero-order chi connectivity index (χ0) is 19.1. The highest BCUT2D eigenvalue weighted by atomic mass is 35.5. The van der Waals surface area contributed by atoms with Crippen LogP contribution in [0.25, 0.3) is 6.08 Å². The standard InChI is InChI=1S/C17H14ClN3O5/c1-11(17(23)20-15-7-6-13(18)10-19-15)26-16(22)8-5-12-3-2-4-14(9-12)21(24)25/h2-11H,1H3,(H,19,20,23)/b8-5+/t11-/m1/s1. The molecule has 0 aliphatic rings. The Labute approximate surface area is 153 Å². The van der Waals surface area contributed by atoms with E-state index >= 15 is 0 Å². The molecule has 9 heteroatoms. The number of esters is 1. The molecule has 0 saturated heterocycles. The monoisotopic (exact) mass is 375 g/mol. The van der Waals surface area contributed by atoms with E-state index < -0.39 is 22.9 Å². The molecular weight excluding hydrogens is 362 g/mol. The second-order valence-corrected chi connectivity index (χ2v) is 5.55. The Kier molecular flexibility index (Phi) is 6.40. The number of carbonyl (C=O) groups excluding carboxylic acids is 2. The maximum atomic E-state index is 12.0. The normalized spacial score (nSPS) is 11.8. The first-order valence-corrected chi connectivity index (χ1v) is 7.78. The van der Waals surface area contributed by atoms with Crippen LogP contribution < -0.4 is 5.32 Å². The number of nitrogens with zero attached hydrogens (tertiary/aromatic N) is 2. The third-order valence-electron chi connectivity index (χ3n) is 3.13. The van der Waals surface area contributed by atoms with E-state index in [-0.39, 0.29) is 11.5 Å². The van der Waals surface area contributed by atoms with Gasteiger partial charge < -0.3 is 10.1 Å². The minimum absolute atomic E-state index is 0.0938. The van der Waals surface area contributed by atoms with Crippen molar-refractivity contribution in [2.75, 3.05) is 5.32 Å². The Morgan fingerprint density at radius 2 is 2.12 bits per heavy atom. The Morgan fingerprint density at radius 1 is 1.35 bits per heavy atom. The molecule has 1 amide bonds. The third kappa shape index (κ3) is 5.67. The van der Waals surface area contributed by atoms with Crippen LogP contribution >= 0.6 is 11.6 Å². The van der Waals surface area contributed by atoms with Crippen LogP contribution in [0.3, 0.4) is 0 Å². The van der Waals surface area contributed by atoms with Gasteiger partial charge in [-0.25, -0.2) is 9.78 Å². The van der Waals surface area contributed by atoms with E-state index in [0.29, 0.717) is 10.6 Å². The number of pyridine rings is 1. The summed E-state index contributed by atoms with van der Waals surface area (Å²) in [5.41, 5.74) is 0.363. The van der Waals surface area contributed by atoms with Gasteiger partial charge in [-0.1, -0.05) is 23.7 Å². The first-order valence-electron chi connectivity index (χ1n) is 7.41. The highest BCUT2D eigenvalue weighted by Crippen LogP contribution is 2.14. The van der Waals surface area contributed by atoms with Gasteiger partial charge in [-0.15, -0.1) is 0 Å². The fourth-order valence-corrected chi connectivity index (χ4v) is 1.96. The predicted octanol–water partition coefficient (Wildman–Crippen LogP) is 3.23. The first-order chi connectivity index (χ1) is 12.3. The first kappa shape index (κ1) is 19.1. The molecule has 1 N–H and O–H groups in total. The van der Waals surface area contributed by atoms with E-state index in [4.69, 9.17) is 16.3 Å². The molecule has 26 heavy (non-hydrogen) atoms. The molecule has 134 valence electrons. The number of rotatable bonds is 6. The molecule has 2 aromatic rings. The van der Waals surface area contributed by atoms with Crippen molar-refractivity contribution in [1.82, 2.24) is 4.98 Å². The number of halogens is 1. The van der Waals surface area contributed by atoms with Crippen molar-refractivity contribution in [3.8, 4) is 0 Å². The number of aromatic nitrogens is 1. The van der Waals surface area contributed by atoms with Gasteiger partial charge in [-0.05, 0) is 30.7 Å². The smallest absolute Gasteiger partial charge is 0.331 e. The number of hydrogen-bond acceptors (Lipinski definition) is 6. The number of ether oxygens (including phenoxy) is 1. The van der Waals surface area contributed by atoms with Crippen LogP contribution in [0, 0.1) is 10.1 Å². The highest BCUT2D eigenvalue weighted by molar-refractivity contribution is 6.30. The number of anilines is 1. The van der Waals surface area contributed by atoms with Crippen LogP contribution in [0.15, 0.2) is 48.7 Å². The molecule has 1 atom stereocenters. The quantitative estimate of drug-likeness (QED) is 0.359. The number of nitrogens with one attached hydrogen (secondary N) is 1. The second-order valence-electron chi connectivity index (χ2n) is 5.12. The van der Waals surface area contributed by atoms with Gasteiger partial charge in [0.25, 0.3) is 11.6 Å². The summed E-state index contributed by atoms with van der Waals surface area (Å²) in [4.78, 5) is 37.8. The summed E-state index contributed by atoms with van der Waals surface area (Å²) in [6.07, 6.45) is 2.76. The summed E-state index contributed by atoms with van der Waals surface area (Å²) in [7, 11) is 0. The fraction of sp³-hybridized carbons (Fsp3) is 0.118. The van der Waals surface area contributed by atoms with E-state index in [9.17, 15) is 19.7 Å². The number of carbonyl (C=O) groups is 2. The molecule has 0 aliphatic heterocycles. The second kappa shape index (κ2) is 8.72. The zero-order valence-corrected chi connectivity index (χ0v) is 14.3. The van der Waals surface area contributed by atoms with Crippen LogP contribution in [0.1, 0.15) is 12.5 Å². The Bertz CT molecular complexity index is 852. The minimum atomic E-state index is -1.06. The SMILES string of the molecule is C[C@@H](OC(=O)/C=C/c1cccc([N+](=O)[O-])c1)C(=O)Nc1ccc(Cl)cn1. The average molecular weight is 376 g/mol. The molecule has 1 aromatic carbocycles. The van der Waals surface area contributed by atoms with Crippen LogP contribution in [-0.2, 0) is 14.3 Å². The summed E-state index contributed by atoms with van der Waals surface area (Å²) in [6, 6.07) is 8.82. The van der Waals surface area contributed by atoms with Crippen molar-refractivity contribution in [2.45, 2.75) is 13.0 Å². The molecule has 0 unspecified atom stereocenters. The van der Waals surface area contributed by atoms with Crippen molar-refractivity contribution in [3.63, 3.8) is 0 Å². The van der Waals surface area contributed by atoms with Crippen LogP contribution in [0.4, 0.5) is 11.5 Å². The van der Waals surface area contributed by atoms with Gasteiger partial charge in [0, 0.05) is 24.4 Å². The summed E-state index contributed by atoms with van der Waals surface area (Å²) in [5, 5.41) is 13.6. The molecule has 0 bridgehead atoms. The van der Waals surface area contributed by atoms with Gasteiger partial charge >= 0.3 is 5.97 Å². The molecule has 0 saturated carbocycles. The summed E-state index contributed by atoms with van der Waals surface area (Å²) >= 11 is 5.70. The fourth-order valence-electron chi connectivity index (χ4n) is 1.85. The number of benzene rings is 1. The molecule has 0 aliphatic carbocycles. The van der Waals surface area contributed by atoms with Crippen molar-refractivity contribution in [2.24, 2.45) is 0 Å². The molecule has 0 radical (unpaired) electrons. The highest BCUT2D eigenvalue weighted by Gasteiger charge is 2.17. The molecular formula is C17H14ClN3O5. The minimum Gasteiger partial charge on any atom is -0.449 e. The molecule has 1 heterocycles. The van der Waals surface area contributed by atoms with E-state index in [1.165, 1.54) is 43.5 Å². The van der Waals surface area contributed by atoms with Gasteiger partial charge in [0.15, 0.2) is 6.10 Å². The van der Waals surface area contributed by atoms with Gasteiger partial charge in [-0.3, -0.25) is 14.9 Å². The van der Waals surface area contributed by atoms with E-state index in [1.807, 2.05) is 0 Å².